The summed E-state index contributed by atoms with van der Waals surface area (Å²) < 4.78 is 3.48. The van der Waals surface area contributed by atoms with Crippen LogP contribution in [-0.4, -0.2) is 95.3 Å². The molecule has 4 aromatic heterocycles. The molecule has 82 heavy (non-hydrogen) atoms. The fourth-order valence-electron chi connectivity index (χ4n) is 9.29. The SMILES string of the molecule is C.CON(C)C(=O)c1ccc(CN2C(=O)c3ccc(Cl)cc3CC(=O)[C@H]2Cc2ccccn2)cc1.Cn1cccc(Br)c1=O.Cn1cccc(C(=O)c2ccc(CN3C(=O)c4ccc(Cl)cc4CC(=O)[C@H]3Cc3ccccn3)cc2)c1=O. The number of nitrogens with zero attached hydrogens (tertiary/aromatic N) is 7. The summed E-state index contributed by atoms with van der Waals surface area (Å²) in [6.45, 7) is 0.366. The molecule has 2 aliphatic heterocycles. The zero-order valence-corrected chi connectivity index (χ0v) is 47.6. The molecule has 0 saturated heterocycles. The molecule has 2 atom stereocenters. The van der Waals surface area contributed by atoms with Gasteiger partial charge in [0.05, 0.1) is 29.2 Å². The summed E-state index contributed by atoms with van der Waals surface area (Å²) in [6, 6.07) is 39.9. The molecule has 6 heterocycles. The van der Waals surface area contributed by atoms with Crippen LogP contribution in [0.1, 0.15) is 88.1 Å². The van der Waals surface area contributed by atoms with Crippen LogP contribution >= 0.6 is 39.1 Å². The number of pyridine rings is 4. The largest absolute Gasteiger partial charge is 0.324 e. The van der Waals surface area contributed by atoms with Gasteiger partial charge in [0.15, 0.2) is 17.3 Å². The lowest BCUT2D eigenvalue weighted by atomic mass is 9.99. The van der Waals surface area contributed by atoms with Gasteiger partial charge in [-0.2, -0.15) is 0 Å². The number of benzene rings is 4. The Kier molecular flexibility index (Phi) is 20.7. The number of hydrogen-bond donors (Lipinski definition) is 0. The van der Waals surface area contributed by atoms with E-state index in [9.17, 15) is 38.4 Å². The first-order chi connectivity index (χ1) is 38.9. The minimum absolute atomic E-state index is 0. The quantitative estimate of drug-likeness (QED) is 0.0836. The van der Waals surface area contributed by atoms with Crippen molar-refractivity contribution in [3.05, 3.63) is 267 Å². The summed E-state index contributed by atoms with van der Waals surface area (Å²) in [6.07, 6.45) is 7.43. The van der Waals surface area contributed by atoms with E-state index >= 15 is 0 Å². The topological polar surface area (TPSA) is 191 Å². The van der Waals surface area contributed by atoms with Crippen LogP contribution in [0.2, 0.25) is 10.0 Å². The summed E-state index contributed by atoms with van der Waals surface area (Å²) in [5, 5.41) is 2.08. The van der Waals surface area contributed by atoms with E-state index < -0.39 is 12.1 Å². The molecular formula is C63H58BrCl2N7O9. The second kappa shape index (κ2) is 27.8. The Morgan fingerprint density at radius 3 is 1.48 bits per heavy atom. The molecule has 0 N–H and O–H groups in total. The Bertz CT molecular complexity index is 3740. The van der Waals surface area contributed by atoms with E-state index in [0.717, 1.165) is 21.9 Å². The molecule has 420 valence electrons. The van der Waals surface area contributed by atoms with Crippen LogP contribution < -0.4 is 11.1 Å². The highest BCUT2D eigenvalue weighted by Crippen LogP contribution is 2.29. The van der Waals surface area contributed by atoms with Crippen molar-refractivity contribution in [2.45, 2.75) is 58.3 Å². The van der Waals surface area contributed by atoms with Gasteiger partial charge in [0.2, 0.25) is 0 Å². The number of rotatable bonds is 12. The van der Waals surface area contributed by atoms with Crippen LogP contribution in [0.3, 0.4) is 0 Å². The Morgan fingerprint density at radius 1 is 0.598 bits per heavy atom. The Hall–Kier alpha value is -8.48. The third-order valence-electron chi connectivity index (χ3n) is 13.7. The van der Waals surface area contributed by atoms with E-state index in [0.29, 0.717) is 60.0 Å². The summed E-state index contributed by atoms with van der Waals surface area (Å²) in [7, 11) is 6.26. The first kappa shape index (κ1) is 61.1. The summed E-state index contributed by atoms with van der Waals surface area (Å²) in [5.74, 6) is -1.34. The van der Waals surface area contributed by atoms with Crippen LogP contribution in [0.4, 0.5) is 0 Å². The number of halogens is 3. The zero-order chi connectivity index (χ0) is 57.9. The standard InChI is InChI=1S/C30H24ClN3O4.C26H24ClN3O4.C6H6BrNO.CH4/c1-33-14-4-6-25(29(33)37)28(36)20-9-7-19(8-10-20)18-34-26(17-23-5-2-3-13-32-23)27(35)16-21-15-22(31)11-12-24(21)30(34)38;1-29(34-2)25(32)18-8-6-17(7-9-18)16-30-23(15-21-5-3-4-12-28-21)24(31)14-19-13-20(27)10-11-22(19)26(30)33;1-8-4-2-3-5(7)6(8)9;/h2-15,26H,16-18H2,1H3;3-13,23H,14-16H2,1-2H3;2-4H,1H3;1H4/t26-;23-;;/m11../s1. The molecule has 0 aliphatic carbocycles. The average molecular weight is 1210 g/mol. The van der Waals surface area contributed by atoms with Crippen LogP contribution in [0.25, 0.3) is 0 Å². The first-order valence-electron chi connectivity index (χ1n) is 25.5. The van der Waals surface area contributed by atoms with Gasteiger partial charge in [0, 0.05) is 128 Å². The zero-order valence-electron chi connectivity index (χ0n) is 44.5. The van der Waals surface area contributed by atoms with Crippen LogP contribution in [0, 0.1) is 0 Å². The van der Waals surface area contributed by atoms with Crippen LogP contribution in [0.5, 0.6) is 0 Å². The predicted molar refractivity (Wildman–Crippen MR) is 317 cm³/mol. The van der Waals surface area contributed by atoms with E-state index in [2.05, 4.69) is 25.9 Å². The van der Waals surface area contributed by atoms with E-state index in [-0.39, 0.29) is 91.5 Å². The van der Waals surface area contributed by atoms with Gasteiger partial charge >= 0.3 is 0 Å². The van der Waals surface area contributed by atoms with Gasteiger partial charge in [-0.05, 0) is 135 Å². The van der Waals surface area contributed by atoms with Gasteiger partial charge in [-0.1, -0.05) is 79.2 Å². The molecule has 10 rings (SSSR count). The second-order valence-corrected chi connectivity index (χ2v) is 20.9. The van der Waals surface area contributed by atoms with Gasteiger partial charge in [0.25, 0.3) is 28.8 Å². The molecule has 4 aromatic carbocycles. The molecule has 8 aromatic rings. The van der Waals surface area contributed by atoms with Crippen molar-refractivity contribution < 1.29 is 33.6 Å². The monoisotopic (exact) mass is 1210 g/mol. The smallest absolute Gasteiger partial charge is 0.277 e. The molecule has 0 saturated carbocycles. The molecule has 2 aliphatic rings. The van der Waals surface area contributed by atoms with Gasteiger partial charge in [0.1, 0.15) is 0 Å². The van der Waals surface area contributed by atoms with Gasteiger partial charge < -0.3 is 18.9 Å². The number of carbonyl (C=O) groups excluding carboxylic acids is 6. The molecule has 0 unspecified atom stereocenters. The molecule has 16 nitrogen and oxygen atoms in total. The fourth-order valence-corrected chi connectivity index (χ4v) is 10.1. The maximum atomic E-state index is 13.7. The van der Waals surface area contributed by atoms with Gasteiger partial charge in [-0.25, -0.2) is 5.06 Å². The second-order valence-electron chi connectivity index (χ2n) is 19.2. The molecule has 19 heteroatoms. The average Bonchev–Trinajstić information content (AvgIpc) is 3.68. The summed E-state index contributed by atoms with van der Waals surface area (Å²) >= 11 is 15.4. The Morgan fingerprint density at radius 2 is 1.05 bits per heavy atom. The van der Waals surface area contributed by atoms with Gasteiger partial charge in [-0.15, -0.1) is 0 Å². The summed E-state index contributed by atoms with van der Waals surface area (Å²) in [4.78, 5) is 120. The molecule has 0 radical (unpaired) electrons. The third-order valence-corrected chi connectivity index (χ3v) is 14.8. The number of Topliss-reactive ketones (excluding diaryl/α,β-unsaturated/α-hetero) is 2. The number of hydroxylamine groups is 2. The van der Waals surface area contributed by atoms with Crippen molar-refractivity contribution >= 4 is 74.2 Å². The normalized spacial score (nSPS) is 14.6. The number of fused-ring (bicyclic) bond motifs is 2. The minimum Gasteiger partial charge on any atom is -0.324 e. The van der Waals surface area contributed by atoms with E-state index in [1.807, 2.05) is 36.4 Å². The number of aromatic nitrogens is 4. The Balaban J connectivity index is 0.000000203. The van der Waals surface area contributed by atoms with E-state index in [4.69, 9.17) is 28.0 Å². The molecule has 0 bridgehead atoms. The first-order valence-corrected chi connectivity index (χ1v) is 27.0. The van der Waals surface area contributed by atoms with Crippen molar-refractivity contribution in [3.63, 3.8) is 0 Å². The lowest BCUT2D eigenvalue weighted by Crippen LogP contribution is -2.45. The maximum Gasteiger partial charge on any atom is 0.277 e. The van der Waals surface area contributed by atoms with Crippen molar-refractivity contribution in [2.75, 3.05) is 14.2 Å². The van der Waals surface area contributed by atoms with E-state index in [1.54, 1.807) is 152 Å². The van der Waals surface area contributed by atoms with Crippen molar-refractivity contribution in [1.82, 2.24) is 34.0 Å². The predicted octanol–water partition coefficient (Wildman–Crippen LogP) is 9.57. The highest BCUT2D eigenvalue weighted by Gasteiger charge is 2.37. The molecule has 0 fully saturated rings. The van der Waals surface area contributed by atoms with Crippen molar-refractivity contribution in [3.8, 4) is 0 Å². The van der Waals surface area contributed by atoms with Crippen LogP contribution in [-0.2, 0) is 67.3 Å². The van der Waals surface area contributed by atoms with Gasteiger partial charge in [-0.3, -0.25) is 53.2 Å². The molecule has 3 amide bonds. The highest BCUT2D eigenvalue weighted by molar-refractivity contribution is 9.10. The minimum atomic E-state index is -0.725. The Labute approximate surface area is 492 Å². The molecule has 0 spiro atoms. The number of carbonyl (C=O) groups is 6. The number of amides is 3. The van der Waals surface area contributed by atoms with Crippen molar-refractivity contribution in [1.29, 1.82) is 0 Å². The highest BCUT2D eigenvalue weighted by atomic mass is 79.9. The number of hydrogen-bond acceptors (Lipinski definition) is 11. The van der Waals surface area contributed by atoms with Crippen LogP contribution in [0.15, 0.2) is 184 Å². The lowest BCUT2D eigenvalue weighted by Gasteiger charge is -2.29. The number of aryl methyl sites for hydroxylation is 2. The molecular weight excluding hydrogens is 1150 g/mol. The van der Waals surface area contributed by atoms with E-state index in [1.165, 1.54) is 29.4 Å². The third kappa shape index (κ3) is 14.7. The number of ketones is 3. The van der Waals surface area contributed by atoms with Crippen molar-refractivity contribution in [2.24, 2.45) is 14.1 Å². The fraction of sp³-hybridized carbons (Fsp3) is 0.206. The lowest BCUT2D eigenvalue weighted by molar-refractivity contribution is -0.123. The summed E-state index contributed by atoms with van der Waals surface area (Å²) in [5.41, 5.74) is 5.64. The maximum absolute atomic E-state index is 13.7.